The zero-order valence-corrected chi connectivity index (χ0v) is 17.3. The van der Waals surface area contributed by atoms with E-state index in [1.165, 1.54) is 36.3 Å². The Kier molecular flexibility index (Phi) is 5.89. The van der Waals surface area contributed by atoms with Crippen molar-refractivity contribution in [2.75, 3.05) is 5.32 Å². The molecule has 2 heterocycles. The molecule has 0 aliphatic rings. The van der Waals surface area contributed by atoms with Gasteiger partial charge in [-0.05, 0) is 18.6 Å². The largest absolute Gasteiger partial charge is 0.325 e. The van der Waals surface area contributed by atoms with E-state index in [-0.39, 0.29) is 11.6 Å². The molecule has 0 aliphatic heterocycles. The average Bonchev–Trinajstić information content (AvgIpc) is 3.18. The molecule has 31 heavy (non-hydrogen) atoms. The van der Waals surface area contributed by atoms with Gasteiger partial charge in [-0.15, -0.1) is 0 Å². The third kappa shape index (κ3) is 4.69. The average molecular weight is 434 g/mol. The Morgan fingerprint density at radius 2 is 2.00 bits per heavy atom. The van der Waals surface area contributed by atoms with E-state index in [0.717, 1.165) is 10.9 Å². The Morgan fingerprint density at radius 3 is 2.77 bits per heavy atom. The second-order valence-corrected chi connectivity index (χ2v) is 8.09. The summed E-state index contributed by atoms with van der Waals surface area (Å²) in [5.41, 5.74) is 2.08. The molecule has 0 saturated carbocycles. The first-order valence-corrected chi connectivity index (χ1v) is 10.3. The predicted octanol–water partition coefficient (Wildman–Crippen LogP) is 3.90. The maximum atomic E-state index is 12.6. The van der Waals surface area contributed by atoms with Crippen LogP contribution in [0, 0.1) is 10.1 Å². The quantitative estimate of drug-likeness (QED) is 0.203. The van der Waals surface area contributed by atoms with Gasteiger partial charge in [-0.1, -0.05) is 48.2 Å². The molecule has 10 heteroatoms. The normalized spacial score (nSPS) is 11.9. The molecule has 9 nitrogen and oxygen atoms in total. The lowest BCUT2D eigenvalue weighted by molar-refractivity contribution is -0.384. The van der Waals surface area contributed by atoms with Crippen molar-refractivity contribution in [3.8, 4) is 0 Å². The van der Waals surface area contributed by atoms with Crippen molar-refractivity contribution in [2.24, 2.45) is 0 Å². The Morgan fingerprint density at radius 1 is 1.19 bits per heavy atom. The smallest absolute Gasteiger partial charge is 0.271 e. The van der Waals surface area contributed by atoms with Crippen molar-refractivity contribution in [2.45, 2.75) is 23.7 Å². The summed E-state index contributed by atoms with van der Waals surface area (Å²) < 4.78 is 1.80. The van der Waals surface area contributed by atoms with Gasteiger partial charge in [0.2, 0.25) is 5.91 Å². The highest BCUT2D eigenvalue weighted by Crippen LogP contribution is 2.29. The molecule has 156 valence electrons. The van der Waals surface area contributed by atoms with Gasteiger partial charge in [0.25, 0.3) is 5.69 Å². The fraction of sp³-hybridized carbons (Fsp3) is 0.143. The molecule has 4 rings (SSSR count). The predicted molar refractivity (Wildman–Crippen MR) is 118 cm³/mol. The number of benzene rings is 2. The molecule has 0 aliphatic carbocycles. The van der Waals surface area contributed by atoms with Crippen LogP contribution in [0.3, 0.4) is 0 Å². The number of carbonyl (C=O) groups excluding carboxylic acids is 1. The summed E-state index contributed by atoms with van der Waals surface area (Å²) >= 11 is 1.28. The van der Waals surface area contributed by atoms with E-state index in [4.69, 9.17) is 0 Å². The number of amides is 1. The molecule has 0 spiro atoms. The molecule has 1 amide bonds. The van der Waals surface area contributed by atoms with Gasteiger partial charge in [-0.3, -0.25) is 14.9 Å². The second kappa shape index (κ2) is 8.92. The van der Waals surface area contributed by atoms with Crippen molar-refractivity contribution < 1.29 is 9.72 Å². The van der Waals surface area contributed by atoms with E-state index >= 15 is 0 Å². The maximum Gasteiger partial charge on any atom is 0.271 e. The van der Waals surface area contributed by atoms with Gasteiger partial charge in [0.15, 0.2) is 5.65 Å². The van der Waals surface area contributed by atoms with Crippen LogP contribution in [0.15, 0.2) is 72.1 Å². The molecule has 2 aromatic heterocycles. The SMILES string of the molecule is CC(Sc1ncnc2c1cnn2Cc1ccccc1)C(=O)Nc1cccc([N+](=O)[O-])c1. The number of rotatable bonds is 7. The first kappa shape index (κ1) is 20.5. The van der Waals surface area contributed by atoms with Gasteiger partial charge in [-0.2, -0.15) is 5.10 Å². The zero-order chi connectivity index (χ0) is 21.8. The minimum absolute atomic E-state index is 0.0820. The van der Waals surface area contributed by atoms with Gasteiger partial charge < -0.3 is 5.32 Å². The van der Waals surface area contributed by atoms with Crippen LogP contribution in [0.4, 0.5) is 11.4 Å². The number of non-ortho nitro benzene ring substituents is 1. The summed E-state index contributed by atoms with van der Waals surface area (Å²) in [5.74, 6) is -0.283. The van der Waals surface area contributed by atoms with Crippen LogP contribution in [0.2, 0.25) is 0 Å². The molecular formula is C21H18N6O3S. The molecule has 1 atom stereocenters. The molecular weight excluding hydrogens is 416 g/mol. The van der Waals surface area contributed by atoms with Crippen molar-refractivity contribution in [3.63, 3.8) is 0 Å². The topological polar surface area (TPSA) is 116 Å². The molecule has 0 radical (unpaired) electrons. The summed E-state index contributed by atoms with van der Waals surface area (Å²) in [6.45, 7) is 2.33. The van der Waals surface area contributed by atoms with Crippen LogP contribution in [-0.2, 0) is 11.3 Å². The number of nitro groups is 1. The van der Waals surface area contributed by atoms with E-state index in [1.807, 2.05) is 30.3 Å². The van der Waals surface area contributed by atoms with Crippen molar-refractivity contribution in [3.05, 3.63) is 82.8 Å². The number of nitrogens with one attached hydrogen (secondary N) is 1. The minimum Gasteiger partial charge on any atom is -0.325 e. The third-order valence-corrected chi connectivity index (χ3v) is 5.67. The van der Waals surface area contributed by atoms with E-state index in [9.17, 15) is 14.9 Å². The van der Waals surface area contributed by atoms with Crippen LogP contribution in [0.1, 0.15) is 12.5 Å². The zero-order valence-electron chi connectivity index (χ0n) is 16.5. The fourth-order valence-corrected chi connectivity index (χ4v) is 3.88. The summed E-state index contributed by atoms with van der Waals surface area (Å²) in [7, 11) is 0. The molecule has 0 saturated heterocycles. The number of nitrogens with zero attached hydrogens (tertiary/aromatic N) is 5. The molecule has 1 unspecified atom stereocenters. The van der Waals surface area contributed by atoms with Crippen LogP contribution >= 0.6 is 11.8 Å². The lowest BCUT2D eigenvalue weighted by Gasteiger charge is -2.12. The van der Waals surface area contributed by atoms with Crippen LogP contribution in [0.25, 0.3) is 11.0 Å². The van der Waals surface area contributed by atoms with Crippen molar-refractivity contribution in [1.29, 1.82) is 0 Å². The number of aromatic nitrogens is 4. The number of anilines is 1. The van der Waals surface area contributed by atoms with E-state index in [2.05, 4.69) is 20.4 Å². The second-order valence-electron chi connectivity index (χ2n) is 6.76. The van der Waals surface area contributed by atoms with Gasteiger partial charge in [0.1, 0.15) is 11.4 Å². The number of carbonyl (C=O) groups is 1. The van der Waals surface area contributed by atoms with E-state index in [0.29, 0.717) is 22.9 Å². The maximum absolute atomic E-state index is 12.6. The molecule has 2 aromatic carbocycles. The van der Waals surface area contributed by atoms with Crippen LogP contribution < -0.4 is 5.32 Å². The Bertz CT molecular complexity index is 1240. The molecule has 4 aromatic rings. The number of fused-ring (bicyclic) bond motifs is 1. The summed E-state index contributed by atoms with van der Waals surface area (Å²) in [6.07, 6.45) is 3.16. The number of nitro benzene ring substituents is 1. The third-order valence-electron chi connectivity index (χ3n) is 4.55. The first-order valence-electron chi connectivity index (χ1n) is 9.43. The highest BCUT2D eigenvalue weighted by Gasteiger charge is 2.19. The monoisotopic (exact) mass is 434 g/mol. The Balaban J connectivity index is 1.49. The summed E-state index contributed by atoms with van der Waals surface area (Å²) in [6, 6.07) is 15.8. The van der Waals surface area contributed by atoms with Gasteiger partial charge in [0.05, 0.1) is 28.3 Å². The van der Waals surface area contributed by atoms with Gasteiger partial charge in [-0.25, -0.2) is 14.6 Å². The Hall–Kier alpha value is -3.79. The molecule has 0 fully saturated rings. The number of hydrogen-bond donors (Lipinski definition) is 1. The summed E-state index contributed by atoms with van der Waals surface area (Å²) in [4.78, 5) is 31.7. The highest BCUT2D eigenvalue weighted by molar-refractivity contribution is 8.00. The van der Waals surface area contributed by atoms with E-state index < -0.39 is 10.2 Å². The molecule has 0 bridgehead atoms. The van der Waals surface area contributed by atoms with Crippen molar-refractivity contribution in [1.82, 2.24) is 19.7 Å². The van der Waals surface area contributed by atoms with Crippen LogP contribution in [-0.4, -0.2) is 35.8 Å². The molecule has 1 N–H and O–H groups in total. The summed E-state index contributed by atoms with van der Waals surface area (Å²) in [5, 5.41) is 19.0. The number of thioether (sulfide) groups is 1. The lowest BCUT2D eigenvalue weighted by atomic mass is 10.2. The van der Waals surface area contributed by atoms with Crippen LogP contribution in [0.5, 0.6) is 0 Å². The van der Waals surface area contributed by atoms with Crippen molar-refractivity contribution >= 4 is 40.1 Å². The number of hydrogen-bond acceptors (Lipinski definition) is 7. The minimum atomic E-state index is -0.501. The van der Waals surface area contributed by atoms with Gasteiger partial charge in [0, 0.05) is 17.8 Å². The first-order chi connectivity index (χ1) is 15.0. The standard InChI is InChI=1S/C21H18N6O3S/c1-14(20(28)25-16-8-5-9-17(10-16)27(29)30)31-21-18-11-24-26(19(18)22-13-23-21)12-15-6-3-2-4-7-15/h2-11,13-14H,12H2,1H3,(H,25,28). The fourth-order valence-electron chi connectivity index (χ4n) is 3.00. The lowest BCUT2D eigenvalue weighted by Crippen LogP contribution is -2.22. The Labute approximate surface area is 181 Å². The van der Waals surface area contributed by atoms with E-state index in [1.54, 1.807) is 23.9 Å². The highest BCUT2D eigenvalue weighted by atomic mass is 32.2. The van der Waals surface area contributed by atoms with Gasteiger partial charge >= 0.3 is 0 Å².